The second kappa shape index (κ2) is 13.5. The Hall–Kier alpha value is -1.61. The summed E-state index contributed by atoms with van der Waals surface area (Å²) in [6.45, 7) is 8.98. The van der Waals surface area contributed by atoms with Crippen LogP contribution in [0.5, 0.6) is 0 Å². The molecule has 0 aromatic rings. The van der Waals surface area contributed by atoms with Crippen LogP contribution in [0.3, 0.4) is 0 Å². The van der Waals surface area contributed by atoms with Crippen LogP contribution < -0.4 is 0 Å². The summed E-state index contributed by atoms with van der Waals surface area (Å²) >= 11 is 0. The Bertz CT molecular complexity index is 290. The van der Waals surface area contributed by atoms with Crippen LogP contribution in [0.2, 0.25) is 0 Å². The van der Waals surface area contributed by atoms with Crippen LogP contribution in [0.1, 0.15) is 25.7 Å². The fourth-order valence-electron chi connectivity index (χ4n) is 1.41. The summed E-state index contributed by atoms with van der Waals surface area (Å²) < 4.78 is 10.8. The molecule has 0 aliphatic carbocycles. The van der Waals surface area contributed by atoms with Crippen LogP contribution in [0.25, 0.3) is 4.85 Å². The quantitative estimate of drug-likeness (QED) is 0.415. The molecule has 0 aliphatic heterocycles. The van der Waals surface area contributed by atoms with E-state index >= 15 is 0 Å². The Morgan fingerprint density at radius 2 is 1.72 bits per heavy atom. The van der Waals surface area contributed by atoms with E-state index in [0.29, 0.717) is 45.8 Å². The monoisotopic (exact) mass is 249 g/mol. The van der Waals surface area contributed by atoms with Crippen molar-refractivity contribution in [2.45, 2.75) is 25.7 Å². The minimum absolute atomic E-state index is 0.239. The minimum Gasteiger partial charge on any atom is -0.380 e. The molecule has 0 aliphatic rings. The van der Waals surface area contributed by atoms with E-state index < -0.39 is 0 Å². The number of rotatable bonds is 11. The summed E-state index contributed by atoms with van der Waals surface area (Å²) in [5, 5.41) is 16.9. The van der Waals surface area contributed by atoms with Gasteiger partial charge < -0.3 is 14.3 Å². The third-order valence-corrected chi connectivity index (χ3v) is 2.31. The van der Waals surface area contributed by atoms with Crippen LogP contribution in [0.15, 0.2) is 0 Å². The highest BCUT2D eigenvalue weighted by Gasteiger charge is 2.09. The second-order valence-electron chi connectivity index (χ2n) is 3.86. The zero-order valence-electron chi connectivity index (χ0n) is 10.6. The maximum atomic E-state index is 8.49. The average Bonchev–Trinajstić information content (AvgIpc) is 2.39. The lowest BCUT2D eigenvalue weighted by Crippen LogP contribution is -2.17. The molecule has 0 aromatic heterocycles. The Morgan fingerprint density at radius 3 is 2.33 bits per heavy atom. The van der Waals surface area contributed by atoms with Crippen molar-refractivity contribution in [1.29, 1.82) is 10.5 Å². The molecule has 18 heavy (non-hydrogen) atoms. The summed E-state index contributed by atoms with van der Waals surface area (Å²) in [5.74, 6) is 0.239. The highest BCUT2D eigenvalue weighted by Crippen LogP contribution is 2.10. The first-order valence-corrected chi connectivity index (χ1v) is 6.07. The lowest BCUT2D eigenvalue weighted by molar-refractivity contribution is 0.0409. The number of hydrogen-bond donors (Lipinski definition) is 0. The van der Waals surface area contributed by atoms with Crippen LogP contribution in [-0.2, 0) is 9.47 Å². The summed E-state index contributed by atoms with van der Waals surface area (Å²) in [6.07, 6.45) is 2.63. The Kier molecular flexibility index (Phi) is 12.3. The zero-order valence-corrected chi connectivity index (χ0v) is 10.6. The van der Waals surface area contributed by atoms with E-state index in [1.807, 2.05) is 6.07 Å². The molecule has 0 heterocycles. The first-order chi connectivity index (χ1) is 8.85. The first-order valence-electron chi connectivity index (χ1n) is 6.07. The number of nitrogens with zero attached hydrogens (tertiary/aromatic N) is 3. The van der Waals surface area contributed by atoms with Crippen molar-refractivity contribution in [3.8, 4) is 12.1 Å². The summed E-state index contributed by atoms with van der Waals surface area (Å²) in [4.78, 5) is 3.21. The summed E-state index contributed by atoms with van der Waals surface area (Å²) in [7, 11) is 0. The van der Waals surface area contributed by atoms with Crippen molar-refractivity contribution in [1.82, 2.24) is 0 Å². The molecule has 5 heteroatoms. The molecule has 0 rings (SSSR count). The Balaban J connectivity index is 3.74. The largest absolute Gasteiger partial charge is 0.380 e. The fourth-order valence-corrected chi connectivity index (χ4v) is 1.41. The molecular weight excluding hydrogens is 230 g/mol. The maximum Gasteiger partial charge on any atom is 0.237 e. The van der Waals surface area contributed by atoms with Gasteiger partial charge >= 0.3 is 0 Å². The lowest BCUT2D eigenvalue weighted by Gasteiger charge is -2.15. The van der Waals surface area contributed by atoms with E-state index in [4.69, 9.17) is 26.6 Å². The van der Waals surface area contributed by atoms with Crippen molar-refractivity contribution in [2.24, 2.45) is 5.92 Å². The van der Waals surface area contributed by atoms with Crippen LogP contribution in [0, 0.1) is 35.2 Å². The van der Waals surface area contributed by atoms with Crippen molar-refractivity contribution < 1.29 is 9.47 Å². The van der Waals surface area contributed by atoms with Gasteiger partial charge in [-0.1, -0.05) is 0 Å². The molecule has 0 fully saturated rings. The molecule has 0 spiro atoms. The second-order valence-corrected chi connectivity index (χ2v) is 3.86. The standard InChI is InChI=1S/C13H19N3O2/c1-16-8-10-18-12-13(5-2-3-6-14)11-17-9-4-7-15/h13H,2-5,8-12H2. The van der Waals surface area contributed by atoms with Crippen molar-refractivity contribution in [2.75, 3.05) is 33.0 Å². The molecule has 0 N–H and O–H groups in total. The van der Waals surface area contributed by atoms with Gasteiger partial charge in [-0.15, -0.1) is 0 Å². The molecule has 98 valence electrons. The predicted octanol–water partition coefficient (Wildman–Crippen LogP) is 2.16. The van der Waals surface area contributed by atoms with Gasteiger partial charge in [0.05, 0.1) is 38.4 Å². The van der Waals surface area contributed by atoms with E-state index in [1.165, 1.54) is 0 Å². The molecule has 5 nitrogen and oxygen atoms in total. The molecule has 0 saturated heterocycles. The average molecular weight is 249 g/mol. The highest BCUT2D eigenvalue weighted by atomic mass is 16.5. The van der Waals surface area contributed by atoms with Gasteiger partial charge in [-0.05, 0) is 12.8 Å². The smallest absolute Gasteiger partial charge is 0.237 e. The first kappa shape index (κ1) is 16.4. The highest BCUT2D eigenvalue weighted by molar-refractivity contribution is 4.71. The SMILES string of the molecule is [C-]#[N+]CCOCC(CCCC#N)COCCC#N. The minimum atomic E-state index is 0.239. The molecule has 0 aromatic carbocycles. The molecule has 1 unspecified atom stereocenters. The van der Waals surface area contributed by atoms with Gasteiger partial charge in [-0.25, -0.2) is 6.57 Å². The van der Waals surface area contributed by atoms with Gasteiger partial charge in [0.15, 0.2) is 0 Å². The summed E-state index contributed by atoms with van der Waals surface area (Å²) in [6, 6.07) is 4.13. The van der Waals surface area contributed by atoms with E-state index in [9.17, 15) is 0 Å². The Morgan fingerprint density at radius 1 is 1.06 bits per heavy atom. The number of hydrogen-bond acceptors (Lipinski definition) is 4. The molecule has 0 saturated carbocycles. The lowest BCUT2D eigenvalue weighted by atomic mass is 10.0. The van der Waals surface area contributed by atoms with Gasteiger partial charge in [-0.2, -0.15) is 10.5 Å². The van der Waals surface area contributed by atoms with Gasteiger partial charge in [0.25, 0.3) is 0 Å². The Labute approximate surface area is 109 Å². The third kappa shape index (κ3) is 10.9. The number of nitriles is 2. The van der Waals surface area contributed by atoms with E-state index in [-0.39, 0.29) is 5.92 Å². The van der Waals surface area contributed by atoms with Gasteiger partial charge in [0.1, 0.15) is 6.61 Å². The number of unbranched alkanes of at least 4 members (excludes halogenated alkanes) is 1. The van der Waals surface area contributed by atoms with Crippen LogP contribution in [-0.4, -0.2) is 33.0 Å². The fraction of sp³-hybridized carbons (Fsp3) is 0.769. The topological polar surface area (TPSA) is 70.4 Å². The van der Waals surface area contributed by atoms with Gasteiger partial charge in [0, 0.05) is 12.3 Å². The maximum absolute atomic E-state index is 8.49. The normalized spacial score (nSPS) is 11.2. The van der Waals surface area contributed by atoms with Gasteiger partial charge in [0.2, 0.25) is 6.54 Å². The van der Waals surface area contributed by atoms with Gasteiger partial charge in [-0.3, -0.25) is 0 Å². The van der Waals surface area contributed by atoms with Crippen LogP contribution >= 0.6 is 0 Å². The van der Waals surface area contributed by atoms with Crippen LogP contribution in [0.4, 0.5) is 0 Å². The third-order valence-electron chi connectivity index (χ3n) is 2.31. The molecule has 0 bridgehead atoms. The molecule has 0 radical (unpaired) electrons. The van der Waals surface area contributed by atoms with Crippen molar-refractivity contribution in [3.63, 3.8) is 0 Å². The molecular formula is C13H19N3O2. The van der Waals surface area contributed by atoms with Crippen molar-refractivity contribution in [3.05, 3.63) is 11.4 Å². The molecule has 1 atom stereocenters. The molecule has 0 amide bonds. The van der Waals surface area contributed by atoms with E-state index in [1.54, 1.807) is 0 Å². The van der Waals surface area contributed by atoms with Crippen molar-refractivity contribution >= 4 is 0 Å². The number of ether oxygens (including phenoxy) is 2. The van der Waals surface area contributed by atoms with E-state index in [2.05, 4.69) is 10.9 Å². The summed E-state index contributed by atoms with van der Waals surface area (Å²) in [5.41, 5.74) is 0. The zero-order chi connectivity index (χ0) is 13.5. The predicted molar refractivity (Wildman–Crippen MR) is 66.3 cm³/mol. The van der Waals surface area contributed by atoms with E-state index in [0.717, 1.165) is 12.8 Å².